The molecule has 2 aromatic carbocycles. The monoisotopic (exact) mass is 413 g/mol. The molecule has 0 saturated heterocycles. The molecular weight excluding hydrogens is 394 g/mol. The number of urea groups is 1. The molecule has 0 aliphatic rings. The summed E-state index contributed by atoms with van der Waals surface area (Å²) in [6, 6.07) is 16.9. The number of carbonyl (C=O) groups excluding carboxylic acids is 2. The largest absolute Gasteiger partial charge is 0.334 e. The fourth-order valence-corrected chi connectivity index (χ4v) is 3.85. The number of aromatic nitrogens is 2. The van der Waals surface area contributed by atoms with E-state index in [0.29, 0.717) is 16.0 Å². The lowest BCUT2D eigenvalue weighted by Gasteiger charge is -2.06. The van der Waals surface area contributed by atoms with Crippen molar-refractivity contribution in [3.8, 4) is 0 Å². The molecule has 1 aromatic heterocycles. The molecule has 0 unspecified atom stereocenters. The van der Waals surface area contributed by atoms with Crippen LogP contribution in [-0.2, 0) is 11.3 Å². The molecule has 3 aromatic rings. The number of anilines is 2. The quantitative estimate of drug-likeness (QED) is 0.511. The molecule has 1 heterocycles. The summed E-state index contributed by atoms with van der Waals surface area (Å²) < 4.78 is 0.648. The average molecular weight is 414 g/mol. The fraction of sp³-hybridized carbons (Fsp3) is 0.158. The van der Waals surface area contributed by atoms with Gasteiger partial charge in [0.15, 0.2) is 4.34 Å². The fourth-order valence-electron chi connectivity index (χ4n) is 2.28. The van der Waals surface area contributed by atoms with Crippen LogP contribution >= 0.6 is 23.1 Å². The maximum atomic E-state index is 11.9. The van der Waals surface area contributed by atoms with Crippen molar-refractivity contribution >= 4 is 45.9 Å². The lowest BCUT2D eigenvalue weighted by atomic mass is 10.2. The van der Waals surface area contributed by atoms with E-state index in [1.807, 2.05) is 61.5 Å². The van der Waals surface area contributed by atoms with Crippen molar-refractivity contribution in [3.05, 3.63) is 65.7 Å². The number of nitrogens with one attached hydrogen (secondary N) is 3. The number of thioether (sulfide) groups is 1. The van der Waals surface area contributed by atoms with Gasteiger partial charge in [-0.1, -0.05) is 65.6 Å². The van der Waals surface area contributed by atoms with Crippen LogP contribution in [0.4, 0.5) is 15.6 Å². The predicted molar refractivity (Wildman–Crippen MR) is 112 cm³/mol. The summed E-state index contributed by atoms with van der Waals surface area (Å²) >= 11 is 2.58. The van der Waals surface area contributed by atoms with Crippen molar-refractivity contribution in [2.24, 2.45) is 0 Å². The molecule has 3 amide bonds. The van der Waals surface area contributed by atoms with E-state index in [9.17, 15) is 9.59 Å². The van der Waals surface area contributed by atoms with E-state index in [4.69, 9.17) is 0 Å². The number of carbonyl (C=O) groups is 2. The molecule has 0 aliphatic carbocycles. The number of hydrogen-bond acceptors (Lipinski definition) is 7. The number of aryl methyl sites for hydroxylation is 1. The number of imide groups is 1. The van der Waals surface area contributed by atoms with Crippen molar-refractivity contribution < 1.29 is 9.59 Å². The van der Waals surface area contributed by atoms with Crippen LogP contribution in [0.15, 0.2) is 58.9 Å². The zero-order chi connectivity index (χ0) is 19.8. The molecule has 3 rings (SSSR count). The highest BCUT2D eigenvalue weighted by molar-refractivity contribution is 8.01. The van der Waals surface area contributed by atoms with E-state index < -0.39 is 6.03 Å². The Labute approximate surface area is 171 Å². The maximum absolute atomic E-state index is 11.9. The number of amides is 3. The Morgan fingerprint density at radius 1 is 1.07 bits per heavy atom. The van der Waals surface area contributed by atoms with E-state index in [1.54, 1.807) is 0 Å². The van der Waals surface area contributed by atoms with E-state index >= 15 is 0 Å². The second kappa shape index (κ2) is 9.86. The molecule has 3 N–H and O–H groups in total. The van der Waals surface area contributed by atoms with Gasteiger partial charge in [-0.3, -0.25) is 10.1 Å². The lowest BCUT2D eigenvalue weighted by Crippen LogP contribution is -2.39. The van der Waals surface area contributed by atoms with Gasteiger partial charge in [-0.15, -0.1) is 10.2 Å². The van der Waals surface area contributed by atoms with Gasteiger partial charge >= 0.3 is 6.03 Å². The summed E-state index contributed by atoms with van der Waals surface area (Å²) in [4.78, 5) is 23.7. The molecule has 0 fully saturated rings. The smallest absolute Gasteiger partial charge is 0.321 e. The Kier molecular flexibility index (Phi) is 6.99. The second-order valence-electron chi connectivity index (χ2n) is 5.87. The topological polar surface area (TPSA) is 96.0 Å². The van der Waals surface area contributed by atoms with Crippen LogP contribution in [0.25, 0.3) is 0 Å². The van der Waals surface area contributed by atoms with Crippen LogP contribution < -0.4 is 16.0 Å². The second-order valence-corrected chi connectivity index (χ2v) is 8.07. The van der Waals surface area contributed by atoms with Crippen molar-refractivity contribution in [2.75, 3.05) is 11.1 Å². The minimum atomic E-state index is -0.520. The molecule has 28 heavy (non-hydrogen) atoms. The number of hydrogen-bond donors (Lipinski definition) is 3. The highest BCUT2D eigenvalue weighted by atomic mass is 32.2. The number of nitrogens with zero attached hydrogens (tertiary/aromatic N) is 2. The van der Waals surface area contributed by atoms with Gasteiger partial charge in [-0.05, 0) is 30.2 Å². The molecule has 0 aliphatic heterocycles. The van der Waals surface area contributed by atoms with Crippen molar-refractivity contribution in [1.29, 1.82) is 0 Å². The first-order chi connectivity index (χ1) is 13.6. The van der Waals surface area contributed by atoms with Gasteiger partial charge in [-0.25, -0.2) is 4.79 Å². The van der Waals surface area contributed by atoms with Gasteiger partial charge in [0.05, 0.1) is 5.75 Å². The molecule has 0 spiro atoms. The predicted octanol–water partition coefficient (Wildman–Crippen LogP) is 3.71. The summed E-state index contributed by atoms with van der Waals surface area (Å²) in [6.45, 7) is 2.37. The minimum absolute atomic E-state index is 0.0812. The Hall–Kier alpha value is -2.91. The van der Waals surface area contributed by atoms with Crippen LogP contribution in [0.5, 0.6) is 0 Å². The molecule has 7 nitrogen and oxygen atoms in total. The van der Waals surface area contributed by atoms with E-state index in [-0.39, 0.29) is 11.7 Å². The molecule has 0 bridgehead atoms. The third-order valence-corrected chi connectivity index (χ3v) is 5.52. The van der Waals surface area contributed by atoms with E-state index in [2.05, 4.69) is 26.1 Å². The third kappa shape index (κ3) is 6.36. The first kappa shape index (κ1) is 19.8. The van der Waals surface area contributed by atoms with Crippen molar-refractivity contribution in [3.63, 3.8) is 0 Å². The van der Waals surface area contributed by atoms with Crippen LogP contribution in [0.1, 0.15) is 11.1 Å². The van der Waals surface area contributed by atoms with Gasteiger partial charge in [-0.2, -0.15) is 0 Å². The maximum Gasteiger partial charge on any atom is 0.321 e. The first-order valence-corrected chi connectivity index (χ1v) is 10.3. The summed E-state index contributed by atoms with van der Waals surface area (Å²) in [5.74, 6) is -0.309. The molecule has 9 heteroatoms. The first-order valence-electron chi connectivity index (χ1n) is 8.50. The summed E-state index contributed by atoms with van der Waals surface area (Å²) in [5, 5.41) is 16.9. The van der Waals surface area contributed by atoms with E-state index in [1.165, 1.54) is 23.1 Å². The van der Waals surface area contributed by atoms with Gasteiger partial charge in [0.25, 0.3) is 0 Å². The Balaban J connectivity index is 1.41. The Bertz CT molecular complexity index is 946. The van der Waals surface area contributed by atoms with Crippen LogP contribution in [-0.4, -0.2) is 27.9 Å². The van der Waals surface area contributed by atoms with Gasteiger partial charge in [0, 0.05) is 12.2 Å². The Morgan fingerprint density at radius 3 is 2.68 bits per heavy atom. The lowest BCUT2D eigenvalue weighted by molar-refractivity contribution is -0.117. The molecular formula is C19H19N5O2S2. The molecule has 0 radical (unpaired) electrons. The number of rotatable bonds is 7. The average Bonchev–Trinajstić information content (AvgIpc) is 3.13. The zero-order valence-corrected chi connectivity index (χ0v) is 16.8. The van der Waals surface area contributed by atoms with Crippen LogP contribution in [0.2, 0.25) is 0 Å². The van der Waals surface area contributed by atoms with Crippen LogP contribution in [0.3, 0.4) is 0 Å². The van der Waals surface area contributed by atoms with Gasteiger partial charge in [0.1, 0.15) is 0 Å². The van der Waals surface area contributed by atoms with Crippen LogP contribution in [0, 0.1) is 6.92 Å². The minimum Gasteiger partial charge on any atom is -0.334 e. The van der Waals surface area contributed by atoms with Crippen molar-refractivity contribution in [2.45, 2.75) is 17.8 Å². The third-order valence-electron chi connectivity index (χ3n) is 3.55. The van der Waals surface area contributed by atoms with Gasteiger partial charge in [0.2, 0.25) is 11.0 Å². The zero-order valence-electron chi connectivity index (χ0n) is 15.1. The summed E-state index contributed by atoms with van der Waals surface area (Å²) in [6.07, 6.45) is 0. The number of benzene rings is 2. The van der Waals surface area contributed by atoms with Crippen molar-refractivity contribution in [1.82, 2.24) is 20.8 Å². The standard InChI is InChI=1S/C19H19N5O2S2/c1-13-6-5-9-15(10-13)21-18-23-24-19(28-18)27-12-16(25)22-17(26)20-11-14-7-3-2-4-8-14/h2-10H,11-12H2,1H3,(H,21,23)(H2,20,22,25,26). The molecule has 144 valence electrons. The summed E-state index contributed by atoms with van der Waals surface area (Å²) in [7, 11) is 0. The molecule has 0 atom stereocenters. The highest BCUT2D eigenvalue weighted by Crippen LogP contribution is 2.27. The van der Waals surface area contributed by atoms with E-state index in [0.717, 1.165) is 16.8 Å². The van der Waals surface area contributed by atoms with Gasteiger partial charge < -0.3 is 10.6 Å². The summed E-state index contributed by atoms with van der Waals surface area (Å²) in [5.41, 5.74) is 3.04. The molecule has 0 saturated carbocycles. The highest BCUT2D eigenvalue weighted by Gasteiger charge is 2.11. The Morgan fingerprint density at radius 2 is 1.89 bits per heavy atom. The SMILES string of the molecule is Cc1cccc(Nc2nnc(SCC(=O)NC(=O)NCc3ccccc3)s2)c1. The normalized spacial score (nSPS) is 10.3.